The van der Waals surface area contributed by atoms with Crippen LogP contribution in [0.4, 0.5) is 0 Å². The molecule has 4 unspecified atom stereocenters. The Bertz CT molecular complexity index is 152. The molecule has 2 N–H and O–H groups in total. The molecule has 0 aromatic heterocycles. The highest BCUT2D eigenvalue weighted by atomic mass is 14.9. The third kappa shape index (κ3) is 0.188. The highest BCUT2D eigenvalue weighted by Crippen LogP contribution is 2.76. The van der Waals surface area contributed by atoms with Crippen LogP contribution in [0.25, 0.3) is 0 Å². The summed E-state index contributed by atoms with van der Waals surface area (Å²) in [6.07, 6.45) is 4.44. The molecule has 0 amide bonds. The molecule has 0 radical (unpaired) electrons. The summed E-state index contributed by atoms with van der Waals surface area (Å²) in [5.74, 6) is 2.04. The van der Waals surface area contributed by atoms with Gasteiger partial charge < -0.3 is 5.73 Å². The van der Waals surface area contributed by atoms with E-state index in [1.165, 1.54) is 19.3 Å². The van der Waals surface area contributed by atoms with Gasteiger partial charge >= 0.3 is 0 Å². The second kappa shape index (κ2) is 0.766. The van der Waals surface area contributed by atoms with Crippen LogP contribution in [-0.2, 0) is 0 Å². The maximum atomic E-state index is 5.90. The van der Waals surface area contributed by atoms with Crippen molar-refractivity contribution >= 4 is 0 Å². The zero-order valence-corrected chi connectivity index (χ0v) is 4.93. The monoisotopic (exact) mass is 109 g/mol. The molecule has 1 spiro atoms. The molecule has 1 heteroatoms. The highest BCUT2D eigenvalue weighted by molar-refractivity contribution is 5.25. The zero-order valence-electron chi connectivity index (χ0n) is 4.93. The highest BCUT2D eigenvalue weighted by Gasteiger charge is 2.73. The molecule has 2 bridgehead atoms. The van der Waals surface area contributed by atoms with E-state index in [1.807, 2.05) is 0 Å². The van der Waals surface area contributed by atoms with Crippen LogP contribution in [-0.4, -0.2) is 6.04 Å². The summed E-state index contributed by atoms with van der Waals surface area (Å²) in [6.45, 7) is 0. The van der Waals surface area contributed by atoms with E-state index in [0.717, 1.165) is 17.3 Å². The SMILES string of the molecule is NC1C2CC3CC31C2. The molecule has 4 rings (SSSR count). The van der Waals surface area contributed by atoms with E-state index in [9.17, 15) is 0 Å². The first kappa shape index (κ1) is 3.89. The van der Waals surface area contributed by atoms with Gasteiger partial charge in [0.05, 0.1) is 0 Å². The smallest absolute Gasteiger partial charge is 0.0127 e. The number of hydrogen-bond donors (Lipinski definition) is 1. The third-order valence-corrected chi connectivity index (χ3v) is 3.68. The van der Waals surface area contributed by atoms with E-state index in [2.05, 4.69) is 0 Å². The van der Waals surface area contributed by atoms with Gasteiger partial charge in [0.25, 0.3) is 0 Å². The van der Waals surface area contributed by atoms with Crippen molar-refractivity contribution in [2.45, 2.75) is 25.3 Å². The summed E-state index contributed by atoms with van der Waals surface area (Å²) in [5.41, 5.74) is 6.64. The average molecular weight is 109 g/mol. The molecule has 4 saturated carbocycles. The van der Waals surface area contributed by atoms with Crippen LogP contribution in [0.3, 0.4) is 0 Å². The normalized spacial score (nSPS) is 73.9. The first-order chi connectivity index (χ1) is 3.83. The Morgan fingerprint density at radius 2 is 2.25 bits per heavy atom. The summed E-state index contributed by atoms with van der Waals surface area (Å²) in [7, 11) is 0. The van der Waals surface area contributed by atoms with Gasteiger partial charge in [-0.25, -0.2) is 0 Å². The zero-order chi connectivity index (χ0) is 5.35. The van der Waals surface area contributed by atoms with Gasteiger partial charge in [-0.15, -0.1) is 0 Å². The van der Waals surface area contributed by atoms with Crippen molar-refractivity contribution in [3.63, 3.8) is 0 Å². The van der Waals surface area contributed by atoms with E-state index in [0.29, 0.717) is 6.04 Å². The Balaban J connectivity index is 2.09. The Labute approximate surface area is 49.3 Å². The van der Waals surface area contributed by atoms with E-state index in [1.54, 1.807) is 0 Å². The Morgan fingerprint density at radius 1 is 1.38 bits per heavy atom. The lowest BCUT2D eigenvalue weighted by Crippen LogP contribution is -2.46. The molecular formula is C7H11N. The maximum absolute atomic E-state index is 5.90. The Hall–Kier alpha value is -0.0400. The second-order valence-corrected chi connectivity index (χ2v) is 3.86. The van der Waals surface area contributed by atoms with Gasteiger partial charge in [0.15, 0.2) is 0 Å². The topological polar surface area (TPSA) is 26.0 Å². The van der Waals surface area contributed by atoms with Crippen molar-refractivity contribution in [2.24, 2.45) is 23.0 Å². The fourth-order valence-corrected chi connectivity index (χ4v) is 3.03. The van der Waals surface area contributed by atoms with Crippen LogP contribution in [0.5, 0.6) is 0 Å². The summed E-state index contributed by atoms with van der Waals surface area (Å²) in [5, 5.41) is 0. The third-order valence-electron chi connectivity index (χ3n) is 3.68. The van der Waals surface area contributed by atoms with Crippen LogP contribution in [0, 0.1) is 17.3 Å². The minimum absolute atomic E-state index is 0.632. The summed E-state index contributed by atoms with van der Waals surface area (Å²) in [4.78, 5) is 0. The maximum Gasteiger partial charge on any atom is 0.0127 e. The quantitative estimate of drug-likeness (QED) is 0.488. The van der Waals surface area contributed by atoms with Crippen LogP contribution in [0.2, 0.25) is 0 Å². The number of hydrogen-bond acceptors (Lipinski definition) is 1. The van der Waals surface area contributed by atoms with Gasteiger partial charge in [0, 0.05) is 6.04 Å². The molecule has 4 aliphatic carbocycles. The minimum Gasteiger partial charge on any atom is -0.327 e. The van der Waals surface area contributed by atoms with Crippen molar-refractivity contribution in [3.05, 3.63) is 0 Å². The van der Waals surface area contributed by atoms with E-state index in [4.69, 9.17) is 5.73 Å². The van der Waals surface area contributed by atoms with Crippen molar-refractivity contribution < 1.29 is 0 Å². The van der Waals surface area contributed by atoms with E-state index < -0.39 is 0 Å². The second-order valence-electron chi connectivity index (χ2n) is 3.86. The predicted molar refractivity (Wildman–Crippen MR) is 31.2 cm³/mol. The van der Waals surface area contributed by atoms with E-state index >= 15 is 0 Å². The molecule has 1 nitrogen and oxygen atoms in total. The van der Waals surface area contributed by atoms with Crippen molar-refractivity contribution in [1.82, 2.24) is 0 Å². The van der Waals surface area contributed by atoms with Gasteiger partial charge in [-0.2, -0.15) is 0 Å². The standard InChI is InChI=1S/C7H11N/c8-6-4-1-5-3-7(5,6)2-4/h4-6H,1-3,8H2. The summed E-state index contributed by atoms with van der Waals surface area (Å²) >= 11 is 0. The van der Waals surface area contributed by atoms with Gasteiger partial charge in [0.2, 0.25) is 0 Å². The van der Waals surface area contributed by atoms with Gasteiger partial charge in [-0.3, -0.25) is 0 Å². The fourth-order valence-electron chi connectivity index (χ4n) is 3.03. The molecule has 0 aliphatic heterocycles. The van der Waals surface area contributed by atoms with Gasteiger partial charge in [0.1, 0.15) is 0 Å². The lowest BCUT2D eigenvalue weighted by molar-refractivity contribution is 0.175. The lowest BCUT2D eigenvalue weighted by Gasteiger charge is -2.37. The minimum atomic E-state index is 0.632. The van der Waals surface area contributed by atoms with Crippen molar-refractivity contribution in [1.29, 1.82) is 0 Å². The molecule has 4 atom stereocenters. The molecule has 0 aromatic carbocycles. The first-order valence-corrected chi connectivity index (χ1v) is 3.58. The van der Waals surface area contributed by atoms with Crippen LogP contribution in [0.15, 0.2) is 0 Å². The summed E-state index contributed by atoms with van der Waals surface area (Å²) < 4.78 is 0. The molecular weight excluding hydrogens is 98.1 g/mol. The van der Waals surface area contributed by atoms with E-state index in [-0.39, 0.29) is 0 Å². The van der Waals surface area contributed by atoms with Crippen LogP contribution < -0.4 is 5.73 Å². The molecule has 4 aliphatic rings. The van der Waals surface area contributed by atoms with Gasteiger partial charge in [-0.05, 0) is 36.5 Å². The van der Waals surface area contributed by atoms with Crippen molar-refractivity contribution in [3.8, 4) is 0 Å². The molecule has 0 saturated heterocycles. The molecule has 8 heavy (non-hydrogen) atoms. The fraction of sp³-hybridized carbons (Fsp3) is 1.00. The molecule has 4 fully saturated rings. The summed E-state index contributed by atoms with van der Waals surface area (Å²) in [6, 6.07) is 0.632. The van der Waals surface area contributed by atoms with Crippen LogP contribution >= 0.6 is 0 Å². The van der Waals surface area contributed by atoms with Gasteiger partial charge in [-0.1, -0.05) is 0 Å². The first-order valence-electron chi connectivity index (χ1n) is 3.58. The lowest BCUT2D eigenvalue weighted by atomic mass is 9.72. The number of rotatable bonds is 0. The molecule has 44 valence electrons. The van der Waals surface area contributed by atoms with Crippen molar-refractivity contribution in [2.75, 3.05) is 0 Å². The average Bonchev–Trinajstić information content (AvgIpc) is 2.33. The predicted octanol–water partition coefficient (Wildman–Crippen LogP) is 0.744. The van der Waals surface area contributed by atoms with Crippen LogP contribution in [0.1, 0.15) is 19.3 Å². The Morgan fingerprint density at radius 3 is 2.38 bits per heavy atom. The Kier molecular flexibility index (Phi) is 0.372. The largest absolute Gasteiger partial charge is 0.327 e. The molecule has 0 heterocycles. The molecule has 0 aromatic rings. The number of nitrogens with two attached hydrogens (primary N) is 1.